The van der Waals surface area contributed by atoms with Crippen molar-refractivity contribution < 1.29 is 23.5 Å². The van der Waals surface area contributed by atoms with E-state index >= 15 is 0 Å². The second-order valence-electron chi connectivity index (χ2n) is 4.35. The molecule has 1 fully saturated rings. The first-order valence-electron chi connectivity index (χ1n) is 6.34. The van der Waals surface area contributed by atoms with Crippen molar-refractivity contribution in [2.45, 2.75) is 13.0 Å². The van der Waals surface area contributed by atoms with Gasteiger partial charge in [-0.2, -0.15) is 0 Å². The number of benzene rings is 1. The van der Waals surface area contributed by atoms with Crippen LogP contribution in [0, 0.1) is 5.82 Å². The molecule has 1 aliphatic heterocycles. The van der Waals surface area contributed by atoms with Crippen LogP contribution in [0.5, 0.6) is 5.75 Å². The predicted octanol–water partition coefficient (Wildman–Crippen LogP) is 1.72. The molecular formula is C13H14ClFN2O4. The maximum absolute atomic E-state index is 13.5. The van der Waals surface area contributed by atoms with Crippen molar-refractivity contribution in [3.8, 4) is 5.75 Å². The minimum absolute atomic E-state index is 0.0212. The van der Waals surface area contributed by atoms with Gasteiger partial charge in [-0.15, -0.1) is 0 Å². The summed E-state index contributed by atoms with van der Waals surface area (Å²) in [6.07, 6.45) is 0. The van der Waals surface area contributed by atoms with Crippen LogP contribution in [0.4, 0.5) is 9.18 Å². The number of rotatable bonds is 5. The molecule has 8 heteroatoms. The second kappa shape index (κ2) is 6.62. The molecule has 114 valence electrons. The molecule has 21 heavy (non-hydrogen) atoms. The number of halogens is 2. The third-order valence-electron chi connectivity index (χ3n) is 2.78. The Labute approximate surface area is 125 Å². The van der Waals surface area contributed by atoms with Crippen LogP contribution in [-0.4, -0.2) is 37.8 Å². The van der Waals surface area contributed by atoms with Crippen molar-refractivity contribution in [2.75, 3.05) is 19.8 Å². The van der Waals surface area contributed by atoms with Gasteiger partial charge in [0.25, 0.3) is 0 Å². The Hall–Kier alpha value is -2.02. The fourth-order valence-corrected chi connectivity index (χ4v) is 2.06. The summed E-state index contributed by atoms with van der Waals surface area (Å²) in [4.78, 5) is 22.7. The van der Waals surface area contributed by atoms with Gasteiger partial charge in [-0.1, -0.05) is 11.6 Å². The summed E-state index contributed by atoms with van der Waals surface area (Å²) in [6.45, 7) is 2.29. The largest absolute Gasteiger partial charge is 0.490 e. The highest BCUT2D eigenvalue weighted by Gasteiger charge is 2.22. The monoisotopic (exact) mass is 316 g/mol. The summed E-state index contributed by atoms with van der Waals surface area (Å²) >= 11 is 6.03. The number of nitrogens with one attached hydrogen (secondary N) is 2. The number of carbonyl (C=O) groups excluding carboxylic acids is 2. The van der Waals surface area contributed by atoms with E-state index in [-0.39, 0.29) is 41.6 Å². The zero-order valence-corrected chi connectivity index (χ0v) is 12.0. The second-order valence-corrected chi connectivity index (χ2v) is 4.73. The van der Waals surface area contributed by atoms with Crippen molar-refractivity contribution in [1.82, 2.24) is 10.6 Å². The molecule has 2 amide bonds. The molecule has 0 saturated carbocycles. The average Bonchev–Trinajstić information content (AvgIpc) is 2.85. The highest BCUT2D eigenvalue weighted by atomic mass is 35.5. The number of amides is 2. The van der Waals surface area contributed by atoms with Gasteiger partial charge >= 0.3 is 12.0 Å². The van der Waals surface area contributed by atoms with Crippen LogP contribution in [0.25, 0.3) is 0 Å². The Morgan fingerprint density at radius 1 is 1.52 bits per heavy atom. The van der Waals surface area contributed by atoms with Gasteiger partial charge in [-0.3, -0.25) is 0 Å². The lowest BCUT2D eigenvalue weighted by Crippen LogP contribution is -2.32. The summed E-state index contributed by atoms with van der Waals surface area (Å²) in [7, 11) is 0. The van der Waals surface area contributed by atoms with E-state index in [9.17, 15) is 14.0 Å². The van der Waals surface area contributed by atoms with Gasteiger partial charge in [-0.05, 0) is 13.0 Å². The van der Waals surface area contributed by atoms with Crippen molar-refractivity contribution in [3.63, 3.8) is 0 Å². The van der Waals surface area contributed by atoms with Crippen molar-refractivity contribution in [2.24, 2.45) is 0 Å². The minimum atomic E-state index is -0.720. The van der Waals surface area contributed by atoms with E-state index in [2.05, 4.69) is 10.6 Å². The number of hydrogen-bond donors (Lipinski definition) is 2. The van der Waals surface area contributed by atoms with Crippen molar-refractivity contribution >= 4 is 23.6 Å². The van der Waals surface area contributed by atoms with E-state index < -0.39 is 11.8 Å². The van der Waals surface area contributed by atoms with Gasteiger partial charge in [0.15, 0.2) is 0 Å². The first-order valence-corrected chi connectivity index (χ1v) is 6.72. The SMILES string of the molecule is CCOC(=O)c1cc(F)cc(OC[C@@H]2CNC(=O)N2)c1Cl. The number of ether oxygens (including phenoxy) is 2. The Morgan fingerprint density at radius 3 is 2.90 bits per heavy atom. The van der Waals surface area contributed by atoms with Gasteiger partial charge in [-0.25, -0.2) is 14.0 Å². The quantitative estimate of drug-likeness (QED) is 0.811. The van der Waals surface area contributed by atoms with Crippen LogP contribution in [0.15, 0.2) is 12.1 Å². The van der Waals surface area contributed by atoms with Crippen LogP contribution < -0.4 is 15.4 Å². The van der Waals surface area contributed by atoms with E-state index in [1.807, 2.05) is 0 Å². The molecule has 0 radical (unpaired) electrons. The molecular weight excluding hydrogens is 303 g/mol. The number of hydrogen-bond acceptors (Lipinski definition) is 4. The Kier molecular flexibility index (Phi) is 4.85. The van der Waals surface area contributed by atoms with Gasteiger partial charge in [0.1, 0.15) is 18.2 Å². The van der Waals surface area contributed by atoms with Crippen LogP contribution in [0.1, 0.15) is 17.3 Å². The molecule has 1 aromatic carbocycles. The lowest BCUT2D eigenvalue weighted by Gasteiger charge is -2.14. The first kappa shape index (κ1) is 15.4. The van der Waals surface area contributed by atoms with Crippen LogP contribution in [-0.2, 0) is 4.74 Å². The molecule has 0 aliphatic carbocycles. The zero-order valence-electron chi connectivity index (χ0n) is 11.2. The fourth-order valence-electron chi connectivity index (χ4n) is 1.82. The van der Waals surface area contributed by atoms with E-state index in [1.54, 1.807) is 6.92 Å². The van der Waals surface area contributed by atoms with E-state index in [0.717, 1.165) is 12.1 Å². The topological polar surface area (TPSA) is 76.7 Å². The summed E-state index contributed by atoms with van der Waals surface area (Å²) in [5, 5.41) is 5.16. The molecule has 1 saturated heterocycles. The maximum atomic E-state index is 13.5. The maximum Gasteiger partial charge on any atom is 0.339 e. The van der Waals surface area contributed by atoms with E-state index in [1.165, 1.54) is 0 Å². The van der Waals surface area contributed by atoms with Gasteiger partial charge < -0.3 is 20.1 Å². The average molecular weight is 317 g/mol. The number of esters is 1. The molecule has 1 atom stereocenters. The lowest BCUT2D eigenvalue weighted by molar-refractivity contribution is 0.0525. The first-order chi connectivity index (χ1) is 10.0. The fraction of sp³-hybridized carbons (Fsp3) is 0.385. The number of carbonyl (C=O) groups is 2. The van der Waals surface area contributed by atoms with Gasteiger partial charge in [0, 0.05) is 12.6 Å². The van der Waals surface area contributed by atoms with Crippen LogP contribution >= 0.6 is 11.6 Å². The molecule has 0 aromatic heterocycles. The Bertz CT molecular complexity index is 567. The van der Waals surface area contributed by atoms with Gasteiger partial charge in [0.05, 0.1) is 23.2 Å². The van der Waals surface area contributed by atoms with Crippen LogP contribution in [0.3, 0.4) is 0 Å². The summed E-state index contributed by atoms with van der Waals surface area (Å²) < 4.78 is 23.7. The standard InChI is InChI=1S/C13H14ClFN2O4/c1-2-20-12(18)9-3-7(15)4-10(11(9)14)21-6-8-5-16-13(19)17-8/h3-4,8H,2,5-6H2,1H3,(H2,16,17,19)/t8-/m0/s1. The summed E-state index contributed by atoms with van der Waals surface area (Å²) in [5.41, 5.74) is -0.0953. The zero-order chi connectivity index (χ0) is 15.4. The molecule has 0 unspecified atom stereocenters. The highest BCUT2D eigenvalue weighted by molar-refractivity contribution is 6.35. The number of urea groups is 1. The Morgan fingerprint density at radius 2 is 2.29 bits per heavy atom. The third-order valence-corrected chi connectivity index (χ3v) is 3.17. The highest BCUT2D eigenvalue weighted by Crippen LogP contribution is 2.30. The summed E-state index contributed by atoms with van der Waals surface area (Å²) in [6, 6.07) is 1.53. The third kappa shape index (κ3) is 3.75. The van der Waals surface area contributed by atoms with E-state index in [4.69, 9.17) is 21.1 Å². The molecule has 2 N–H and O–H groups in total. The van der Waals surface area contributed by atoms with Crippen molar-refractivity contribution in [1.29, 1.82) is 0 Å². The predicted molar refractivity (Wildman–Crippen MR) is 73.2 cm³/mol. The van der Waals surface area contributed by atoms with E-state index in [0.29, 0.717) is 6.54 Å². The molecule has 1 heterocycles. The molecule has 6 nitrogen and oxygen atoms in total. The van der Waals surface area contributed by atoms with Gasteiger partial charge in [0.2, 0.25) is 0 Å². The lowest BCUT2D eigenvalue weighted by atomic mass is 10.2. The Balaban J connectivity index is 2.11. The molecule has 0 spiro atoms. The molecule has 1 aliphatic rings. The molecule has 1 aromatic rings. The normalized spacial score (nSPS) is 17.1. The van der Waals surface area contributed by atoms with Crippen molar-refractivity contribution in [3.05, 3.63) is 28.5 Å². The summed E-state index contributed by atoms with van der Waals surface area (Å²) in [5.74, 6) is -1.35. The van der Waals surface area contributed by atoms with Crippen LogP contribution in [0.2, 0.25) is 5.02 Å². The molecule has 2 rings (SSSR count). The molecule has 0 bridgehead atoms. The smallest absolute Gasteiger partial charge is 0.339 e. The minimum Gasteiger partial charge on any atom is -0.490 e.